The van der Waals surface area contributed by atoms with E-state index >= 15 is 0 Å². The maximum absolute atomic E-state index is 12.1. The second-order valence-electron chi connectivity index (χ2n) is 5.54. The lowest BCUT2D eigenvalue weighted by molar-refractivity contribution is -0.386. The fourth-order valence-electron chi connectivity index (χ4n) is 2.64. The molecule has 0 aromatic heterocycles. The molecule has 7 nitrogen and oxygen atoms in total. The summed E-state index contributed by atoms with van der Waals surface area (Å²) in [7, 11) is -3.80. The molecule has 1 aliphatic carbocycles. The van der Waals surface area contributed by atoms with Crippen LogP contribution in [0.5, 0.6) is 5.75 Å². The zero-order chi connectivity index (χ0) is 15.6. The summed E-state index contributed by atoms with van der Waals surface area (Å²) >= 11 is 0. The van der Waals surface area contributed by atoms with Crippen molar-refractivity contribution in [3.8, 4) is 5.75 Å². The maximum atomic E-state index is 12.1. The summed E-state index contributed by atoms with van der Waals surface area (Å²) in [5, 5.41) is 20.1. The van der Waals surface area contributed by atoms with E-state index in [2.05, 4.69) is 11.6 Å². The molecule has 116 valence electrons. The highest BCUT2D eigenvalue weighted by atomic mass is 32.2. The van der Waals surface area contributed by atoms with Crippen LogP contribution in [0.1, 0.15) is 26.2 Å². The van der Waals surface area contributed by atoms with Gasteiger partial charge in [-0.3, -0.25) is 10.1 Å². The predicted molar refractivity (Wildman–Crippen MR) is 76.5 cm³/mol. The smallest absolute Gasteiger partial charge is 0.312 e. The van der Waals surface area contributed by atoms with Crippen molar-refractivity contribution in [1.29, 1.82) is 0 Å². The number of nitrogens with zero attached hydrogens (tertiary/aromatic N) is 1. The molecule has 1 aliphatic rings. The van der Waals surface area contributed by atoms with Gasteiger partial charge < -0.3 is 5.11 Å². The number of hydrogen-bond acceptors (Lipinski definition) is 5. The van der Waals surface area contributed by atoms with E-state index in [0.717, 1.165) is 37.5 Å². The molecule has 2 N–H and O–H groups in total. The molecule has 2 rings (SSSR count). The second-order valence-corrected chi connectivity index (χ2v) is 7.31. The Morgan fingerprint density at radius 1 is 1.43 bits per heavy atom. The van der Waals surface area contributed by atoms with Crippen molar-refractivity contribution in [2.24, 2.45) is 11.8 Å². The summed E-state index contributed by atoms with van der Waals surface area (Å²) in [5.74, 6) is 0.361. The number of nitrogens with one attached hydrogen (secondary N) is 1. The Labute approximate surface area is 123 Å². The van der Waals surface area contributed by atoms with Crippen LogP contribution in [-0.2, 0) is 10.0 Å². The van der Waals surface area contributed by atoms with E-state index in [9.17, 15) is 23.6 Å². The van der Waals surface area contributed by atoms with Gasteiger partial charge in [-0.25, -0.2) is 13.1 Å². The summed E-state index contributed by atoms with van der Waals surface area (Å²) in [5.41, 5.74) is -0.618. The first-order valence-corrected chi connectivity index (χ1v) is 8.25. The van der Waals surface area contributed by atoms with Gasteiger partial charge in [0.05, 0.1) is 9.82 Å². The quantitative estimate of drug-likeness (QED) is 0.638. The van der Waals surface area contributed by atoms with Gasteiger partial charge in [-0.15, -0.1) is 0 Å². The molecule has 1 aromatic rings. The van der Waals surface area contributed by atoms with Crippen LogP contribution in [0.3, 0.4) is 0 Å². The minimum Gasteiger partial charge on any atom is -0.502 e. The lowest BCUT2D eigenvalue weighted by atomic mass is 10.1. The highest BCUT2D eigenvalue weighted by molar-refractivity contribution is 7.89. The van der Waals surface area contributed by atoms with Gasteiger partial charge in [-0.1, -0.05) is 13.3 Å². The van der Waals surface area contributed by atoms with Crippen molar-refractivity contribution in [3.05, 3.63) is 28.3 Å². The monoisotopic (exact) mass is 314 g/mol. The molecule has 0 aliphatic heterocycles. The van der Waals surface area contributed by atoms with E-state index in [-0.39, 0.29) is 4.90 Å². The Balaban J connectivity index is 2.12. The van der Waals surface area contributed by atoms with Crippen LogP contribution in [0.15, 0.2) is 23.1 Å². The highest BCUT2D eigenvalue weighted by Crippen LogP contribution is 2.31. The molecule has 8 heteroatoms. The average molecular weight is 314 g/mol. The van der Waals surface area contributed by atoms with Crippen molar-refractivity contribution in [1.82, 2.24) is 4.72 Å². The third-order valence-corrected chi connectivity index (χ3v) is 5.24. The number of phenols is 1. The first-order valence-electron chi connectivity index (χ1n) is 6.76. The van der Waals surface area contributed by atoms with Crippen molar-refractivity contribution in [2.75, 3.05) is 6.54 Å². The number of sulfonamides is 1. The third-order valence-electron chi connectivity index (χ3n) is 3.82. The van der Waals surface area contributed by atoms with Crippen LogP contribution >= 0.6 is 0 Å². The first-order chi connectivity index (χ1) is 9.79. The van der Waals surface area contributed by atoms with Crippen LogP contribution in [0, 0.1) is 22.0 Å². The normalized spacial score (nSPS) is 22.3. The van der Waals surface area contributed by atoms with Crippen LogP contribution in [0.4, 0.5) is 5.69 Å². The Bertz CT molecular complexity index is 644. The minimum atomic E-state index is -3.80. The molecule has 0 spiro atoms. The fourth-order valence-corrected chi connectivity index (χ4v) is 3.77. The van der Waals surface area contributed by atoms with Gasteiger partial charge in [-0.2, -0.15) is 0 Å². The zero-order valence-corrected chi connectivity index (χ0v) is 12.5. The Hall–Kier alpha value is -1.67. The Morgan fingerprint density at radius 3 is 2.71 bits per heavy atom. The number of benzene rings is 1. The summed E-state index contributed by atoms with van der Waals surface area (Å²) in [4.78, 5) is 9.71. The van der Waals surface area contributed by atoms with E-state index in [1.165, 1.54) is 0 Å². The van der Waals surface area contributed by atoms with Gasteiger partial charge in [0.15, 0.2) is 5.75 Å². The van der Waals surface area contributed by atoms with Crippen LogP contribution in [0.2, 0.25) is 0 Å². The first kappa shape index (κ1) is 15.7. The molecule has 21 heavy (non-hydrogen) atoms. The molecule has 2 atom stereocenters. The average Bonchev–Trinajstić information content (AvgIpc) is 2.82. The van der Waals surface area contributed by atoms with E-state index < -0.39 is 26.4 Å². The van der Waals surface area contributed by atoms with Gasteiger partial charge in [0, 0.05) is 12.6 Å². The van der Waals surface area contributed by atoms with E-state index in [4.69, 9.17) is 0 Å². The molecule has 0 amide bonds. The zero-order valence-electron chi connectivity index (χ0n) is 11.7. The molecule has 1 saturated carbocycles. The number of aromatic hydroxyl groups is 1. The maximum Gasteiger partial charge on any atom is 0.312 e. The summed E-state index contributed by atoms with van der Waals surface area (Å²) in [6, 6.07) is 3.04. The molecule has 1 fully saturated rings. The lowest BCUT2D eigenvalue weighted by Gasteiger charge is -2.11. The number of rotatable bonds is 5. The highest BCUT2D eigenvalue weighted by Gasteiger charge is 2.25. The van der Waals surface area contributed by atoms with Crippen LogP contribution in [0.25, 0.3) is 0 Å². The molecular weight excluding hydrogens is 296 g/mol. The van der Waals surface area contributed by atoms with Gasteiger partial charge >= 0.3 is 5.69 Å². The Kier molecular flexibility index (Phi) is 4.48. The van der Waals surface area contributed by atoms with Gasteiger partial charge in [0.1, 0.15) is 0 Å². The minimum absolute atomic E-state index is 0.210. The number of hydrogen-bond donors (Lipinski definition) is 2. The largest absolute Gasteiger partial charge is 0.502 e. The summed E-state index contributed by atoms with van der Waals surface area (Å²) in [6.07, 6.45) is 3.06. The van der Waals surface area contributed by atoms with Crippen LogP contribution < -0.4 is 4.72 Å². The molecule has 0 bridgehead atoms. The topological polar surface area (TPSA) is 110 Å². The number of phenolic OH excluding ortho intramolecular Hbond substituents is 1. The Morgan fingerprint density at radius 2 is 2.14 bits per heavy atom. The predicted octanol–water partition coefficient (Wildman–Crippen LogP) is 2.01. The third kappa shape index (κ3) is 3.70. The van der Waals surface area contributed by atoms with Crippen molar-refractivity contribution in [2.45, 2.75) is 31.1 Å². The SMILES string of the molecule is CC1CCC(CNS(=O)(=O)c2ccc(O)c([N+](=O)[O-])c2)C1. The van der Waals surface area contributed by atoms with Crippen LogP contribution in [-0.4, -0.2) is 25.0 Å². The van der Waals surface area contributed by atoms with E-state index in [1.54, 1.807) is 0 Å². The summed E-state index contributed by atoms with van der Waals surface area (Å²) < 4.78 is 26.8. The van der Waals surface area contributed by atoms with E-state index in [1.807, 2.05) is 0 Å². The van der Waals surface area contributed by atoms with Gasteiger partial charge in [-0.05, 0) is 36.8 Å². The molecule has 0 heterocycles. The second kappa shape index (κ2) is 5.98. The van der Waals surface area contributed by atoms with Gasteiger partial charge in [0.2, 0.25) is 10.0 Å². The standard InChI is InChI=1S/C13H18N2O5S/c1-9-2-3-10(6-9)8-14-21(19,20)11-4-5-13(16)12(7-11)15(17)18/h4-5,7,9-10,14,16H,2-3,6,8H2,1H3. The molecular formula is C13H18N2O5S. The van der Waals surface area contributed by atoms with Crippen molar-refractivity contribution >= 4 is 15.7 Å². The number of nitro benzene ring substituents is 1. The van der Waals surface area contributed by atoms with Crippen molar-refractivity contribution < 1.29 is 18.4 Å². The fraction of sp³-hybridized carbons (Fsp3) is 0.538. The van der Waals surface area contributed by atoms with Gasteiger partial charge in [0.25, 0.3) is 0 Å². The lowest BCUT2D eigenvalue weighted by Crippen LogP contribution is -2.28. The molecule has 0 saturated heterocycles. The number of nitro groups is 1. The molecule has 2 unspecified atom stereocenters. The van der Waals surface area contributed by atoms with E-state index in [0.29, 0.717) is 18.4 Å². The molecule has 1 aromatic carbocycles. The summed E-state index contributed by atoms with van der Waals surface area (Å²) in [6.45, 7) is 2.47. The molecule has 0 radical (unpaired) electrons. The van der Waals surface area contributed by atoms with Crippen molar-refractivity contribution in [3.63, 3.8) is 0 Å².